The summed E-state index contributed by atoms with van der Waals surface area (Å²) in [5.41, 5.74) is -0.618. The van der Waals surface area contributed by atoms with Crippen molar-refractivity contribution in [3.8, 4) is 5.75 Å². The molecule has 48 heavy (non-hydrogen) atoms. The maximum absolute atomic E-state index is 15.0. The average Bonchev–Trinajstić information content (AvgIpc) is 3.24. The largest absolute Gasteiger partial charge is 0.493 e. The van der Waals surface area contributed by atoms with Gasteiger partial charge in [0.05, 0.1) is 27.8 Å². The lowest BCUT2D eigenvalue weighted by Gasteiger charge is -2.47. The zero-order valence-electron chi connectivity index (χ0n) is 27.3. The topological polar surface area (TPSA) is 113 Å². The van der Waals surface area contributed by atoms with Crippen molar-refractivity contribution in [1.82, 2.24) is 9.80 Å². The number of halogens is 3. The normalized spacial score (nSPS) is 22.1. The summed E-state index contributed by atoms with van der Waals surface area (Å²) in [4.78, 5) is 23.5. The lowest BCUT2D eigenvalue weighted by molar-refractivity contribution is 0.0980. The fraction of sp³-hybridized carbons (Fsp3) is 0.412. The molecule has 1 saturated heterocycles. The highest BCUT2D eigenvalue weighted by Gasteiger charge is 2.60. The SMILES string of the molecule is CCOc1cc(Cl)c(S(C)(=O)=O)cc1C1=NC(C)(c2ccc(Cl)cc2)C(C)(c2ccc(Cl)cc2)N1C(=O)N1CCC(CS(C)(=O)=O)CC1. The van der Waals surface area contributed by atoms with Crippen molar-refractivity contribution in [3.63, 3.8) is 0 Å². The number of carbonyl (C=O) groups excluding carboxylic acids is 1. The number of nitrogens with zero attached hydrogens (tertiary/aromatic N) is 3. The van der Waals surface area contributed by atoms with Crippen molar-refractivity contribution in [3.05, 3.63) is 92.4 Å². The number of sulfone groups is 2. The average molecular weight is 755 g/mol. The van der Waals surface area contributed by atoms with Gasteiger partial charge >= 0.3 is 6.03 Å². The summed E-state index contributed by atoms with van der Waals surface area (Å²) in [6, 6.07) is 16.9. The van der Waals surface area contributed by atoms with Crippen LogP contribution in [0.25, 0.3) is 0 Å². The summed E-state index contributed by atoms with van der Waals surface area (Å²) in [6.45, 7) is 6.51. The predicted octanol–water partition coefficient (Wildman–Crippen LogP) is 7.22. The van der Waals surface area contributed by atoms with Gasteiger partial charge in [-0.15, -0.1) is 0 Å². The minimum absolute atomic E-state index is 0.0185. The van der Waals surface area contributed by atoms with Gasteiger partial charge in [-0.1, -0.05) is 59.1 Å². The monoisotopic (exact) mass is 753 g/mol. The molecule has 3 aromatic rings. The molecule has 2 atom stereocenters. The Morgan fingerprint density at radius 1 is 0.896 bits per heavy atom. The first-order valence-electron chi connectivity index (χ1n) is 15.4. The number of hydrogen-bond acceptors (Lipinski definition) is 7. The van der Waals surface area contributed by atoms with E-state index in [1.807, 2.05) is 38.1 Å². The number of amidine groups is 1. The van der Waals surface area contributed by atoms with Crippen molar-refractivity contribution < 1.29 is 26.4 Å². The number of carbonyl (C=O) groups is 1. The van der Waals surface area contributed by atoms with Crippen molar-refractivity contribution in [2.45, 2.75) is 49.6 Å². The van der Waals surface area contributed by atoms with E-state index < -0.39 is 30.8 Å². The van der Waals surface area contributed by atoms with Crippen LogP contribution < -0.4 is 4.74 Å². The second-order valence-corrected chi connectivity index (χ2v) is 18.2. The number of piperidine rings is 1. The summed E-state index contributed by atoms with van der Waals surface area (Å²) < 4.78 is 55.9. The Hall–Kier alpha value is -2.83. The molecule has 0 aromatic heterocycles. The summed E-state index contributed by atoms with van der Waals surface area (Å²) in [5.74, 6) is 0.436. The van der Waals surface area contributed by atoms with Crippen LogP contribution in [0.5, 0.6) is 5.75 Å². The number of aliphatic imine (C=N–C) groups is 1. The molecule has 1 fully saturated rings. The number of benzene rings is 3. The zero-order valence-corrected chi connectivity index (χ0v) is 31.2. The Morgan fingerprint density at radius 3 is 1.94 bits per heavy atom. The number of rotatable bonds is 8. The smallest absolute Gasteiger partial charge is 0.326 e. The third-order valence-electron chi connectivity index (χ3n) is 9.34. The van der Waals surface area contributed by atoms with Gasteiger partial charge in [0.15, 0.2) is 9.84 Å². The van der Waals surface area contributed by atoms with Crippen LogP contribution in [0.4, 0.5) is 4.79 Å². The van der Waals surface area contributed by atoms with Crippen molar-refractivity contribution in [2.75, 3.05) is 38.0 Å². The number of amides is 2. The highest BCUT2D eigenvalue weighted by atomic mass is 35.5. The molecule has 2 aliphatic rings. The molecule has 2 amide bonds. The lowest BCUT2D eigenvalue weighted by Crippen LogP contribution is -2.59. The minimum atomic E-state index is -3.80. The third kappa shape index (κ3) is 6.94. The van der Waals surface area contributed by atoms with E-state index in [0.29, 0.717) is 36.0 Å². The second-order valence-electron chi connectivity index (χ2n) is 12.7. The van der Waals surface area contributed by atoms with E-state index in [4.69, 9.17) is 44.5 Å². The first-order valence-corrected chi connectivity index (χ1v) is 20.5. The van der Waals surface area contributed by atoms with Crippen molar-refractivity contribution in [1.29, 1.82) is 0 Å². The molecule has 0 N–H and O–H groups in total. The first kappa shape index (κ1) is 36.5. The van der Waals surface area contributed by atoms with Crippen LogP contribution >= 0.6 is 34.8 Å². The predicted molar refractivity (Wildman–Crippen MR) is 191 cm³/mol. The van der Waals surface area contributed by atoms with Gasteiger partial charge in [0.1, 0.15) is 32.5 Å². The number of urea groups is 1. The highest BCUT2D eigenvalue weighted by Crippen LogP contribution is 2.54. The van der Waals surface area contributed by atoms with E-state index >= 15 is 4.79 Å². The molecule has 0 bridgehead atoms. The number of likely N-dealkylation sites (tertiary alicyclic amines) is 1. The van der Waals surface area contributed by atoms with Crippen LogP contribution in [0.2, 0.25) is 15.1 Å². The molecule has 0 spiro atoms. The second kappa shape index (κ2) is 13.5. The van der Waals surface area contributed by atoms with E-state index in [1.54, 1.807) is 41.0 Å². The quantitative estimate of drug-likeness (QED) is 0.240. The maximum Gasteiger partial charge on any atom is 0.326 e. The van der Waals surface area contributed by atoms with Crippen molar-refractivity contribution in [2.24, 2.45) is 10.9 Å². The van der Waals surface area contributed by atoms with Crippen LogP contribution in [-0.4, -0.2) is 76.5 Å². The molecule has 2 aliphatic heterocycles. The maximum atomic E-state index is 15.0. The van der Waals surface area contributed by atoms with Gasteiger partial charge in [-0.25, -0.2) is 21.6 Å². The Kier molecular flexibility index (Phi) is 10.2. The van der Waals surface area contributed by atoms with Crippen LogP contribution in [0.15, 0.2) is 70.6 Å². The van der Waals surface area contributed by atoms with E-state index in [1.165, 1.54) is 18.4 Å². The van der Waals surface area contributed by atoms with Crippen LogP contribution in [0, 0.1) is 5.92 Å². The molecule has 14 heteroatoms. The highest BCUT2D eigenvalue weighted by molar-refractivity contribution is 7.91. The van der Waals surface area contributed by atoms with Crippen LogP contribution in [0.1, 0.15) is 50.3 Å². The molecule has 3 aromatic carbocycles. The fourth-order valence-electron chi connectivity index (χ4n) is 6.70. The Balaban J connectivity index is 1.78. The molecule has 5 rings (SSSR count). The molecule has 0 aliphatic carbocycles. The molecule has 9 nitrogen and oxygen atoms in total. The summed E-state index contributed by atoms with van der Waals surface area (Å²) in [6.07, 6.45) is 3.30. The summed E-state index contributed by atoms with van der Waals surface area (Å²) >= 11 is 19.1. The summed E-state index contributed by atoms with van der Waals surface area (Å²) in [5, 5.41) is 1.02. The van der Waals surface area contributed by atoms with Gasteiger partial charge in [-0.05, 0) is 81.0 Å². The summed E-state index contributed by atoms with van der Waals surface area (Å²) in [7, 11) is -6.99. The van der Waals surface area contributed by atoms with Crippen LogP contribution in [0.3, 0.4) is 0 Å². The number of ether oxygens (including phenoxy) is 1. The van der Waals surface area contributed by atoms with Crippen molar-refractivity contribution >= 4 is 66.3 Å². The van der Waals surface area contributed by atoms with E-state index in [2.05, 4.69) is 0 Å². The van der Waals surface area contributed by atoms with Gasteiger partial charge in [-0.2, -0.15) is 0 Å². The standard InChI is InChI=1S/C34H38Cl3N3O6S2/c1-6-46-29-20-28(37)30(48(5,44)45)19-27(29)31-38-33(2,23-7-11-25(35)12-8-23)34(3,24-9-13-26(36)14-10-24)40(31)32(41)39-17-15-22(16-18-39)21-47(4,42)43/h7-14,19-20,22H,6,15-18,21H2,1-5H3. The first-order chi connectivity index (χ1) is 22.4. The van der Waals surface area contributed by atoms with E-state index in [0.717, 1.165) is 17.4 Å². The third-order valence-corrected chi connectivity index (χ3v) is 12.5. The Morgan fingerprint density at radius 2 is 1.44 bits per heavy atom. The lowest BCUT2D eigenvalue weighted by atomic mass is 9.71. The molecular formula is C34H38Cl3N3O6S2. The molecule has 2 unspecified atom stereocenters. The number of hydrogen-bond donors (Lipinski definition) is 0. The zero-order chi connectivity index (χ0) is 35.2. The minimum Gasteiger partial charge on any atom is -0.493 e. The molecule has 0 saturated carbocycles. The molecular weight excluding hydrogens is 717 g/mol. The van der Waals surface area contributed by atoms with Crippen LogP contribution in [-0.2, 0) is 30.8 Å². The van der Waals surface area contributed by atoms with Gasteiger partial charge in [-0.3, -0.25) is 9.89 Å². The van der Waals surface area contributed by atoms with E-state index in [9.17, 15) is 16.8 Å². The molecule has 0 radical (unpaired) electrons. The molecule has 258 valence electrons. The van der Waals surface area contributed by atoms with Gasteiger partial charge < -0.3 is 9.64 Å². The van der Waals surface area contributed by atoms with Gasteiger partial charge in [0.25, 0.3) is 0 Å². The Bertz CT molecular complexity index is 1960. The molecule has 2 heterocycles. The van der Waals surface area contributed by atoms with Gasteiger partial charge in [0, 0.05) is 41.7 Å². The van der Waals surface area contributed by atoms with Gasteiger partial charge in [0.2, 0.25) is 0 Å². The van der Waals surface area contributed by atoms with E-state index in [-0.39, 0.29) is 51.4 Å². The Labute approximate surface area is 297 Å². The fourth-order valence-corrected chi connectivity index (χ4v) is 9.46.